The molecule has 1 fully saturated rings. The number of nitrogens with one attached hydrogen (secondary N) is 1. The lowest BCUT2D eigenvalue weighted by Gasteiger charge is -2.31. The van der Waals surface area contributed by atoms with Gasteiger partial charge in [0.2, 0.25) is 21.8 Å². The van der Waals surface area contributed by atoms with Gasteiger partial charge in [-0.05, 0) is 18.1 Å². The summed E-state index contributed by atoms with van der Waals surface area (Å²) in [6, 6.07) is 17.7. The highest BCUT2D eigenvalue weighted by Crippen LogP contribution is 2.13. The van der Waals surface area contributed by atoms with Crippen LogP contribution in [0.4, 0.5) is 0 Å². The van der Waals surface area contributed by atoms with Gasteiger partial charge in [0, 0.05) is 39.3 Å². The van der Waals surface area contributed by atoms with Crippen molar-refractivity contribution in [2.45, 2.75) is 26.1 Å². The fourth-order valence-electron chi connectivity index (χ4n) is 3.99. The van der Waals surface area contributed by atoms with Gasteiger partial charge < -0.3 is 15.0 Å². The Labute approximate surface area is 214 Å². The Morgan fingerprint density at radius 1 is 0.972 bits per heavy atom. The van der Waals surface area contributed by atoms with Crippen LogP contribution in [0.2, 0.25) is 0 Å². The average Bonchev–Trinajstić information content (AvgIpc) is 2.87. The zero-order valence-corrected chi connectivity index (χ0v) is 21.8. The maximum absolute atomic E-state index is 13.5. The molecular weight excluding hydrogens is 480 g/mol. The molecule has 0 aromatic heterocycles. The SMILES string of the molecule is C[C@H](C(=O)NCCN1CCOCC1)N(Cc1ccccc1)C(=O)CN(Cc1ccccc1)S(C)(=O)=O. The number of rotatable bonds is 12. The molecule has 1 saturated heterocycles. The number of hydrogen-bond donors (Lipinski definition) is 1. The minimum Gasteiger partial charge on any atom is -0.379 e. The number of morpholine rings is 1. The van der Waals surface area contributed by atoms with E-state index in [4.69, 9.17) is 4.74 Å². The van der Waals surface area contributed by atoms with E-state index in [0.29, 0.717) is 26.3 Å². The van der Waals surface area contributed by atoms with Gasteiger partial charge in [0.1, 0.15) is 6.04 Å². The second kappa shape index (κ2) is 13.5. The van der Waals surface area contributed by atoms with Gasteiger partial charge in [0.15, 0.2) is 0 Å². The Hall–Kier alpha value is -2.79. The minimum atomic E-state index is -3.67. The summed E-state index contributed by atoms with van der Waals surface area (Å²) in [5.41, 5.74) is 1.63. The summed E-state index contributed by atoms with van der Waals surface area (Å²) in [5, 5.41) is 2.93. The Kier molecular flexibility index (Phi) is 10.4. The third kappa shape index (κ3) is 8.70. The Balaban J connectivity index is 1.70. The lowest BCUT2D eigenvalue weighted by molar-refractivity contribution is -0.140. The van der Waals surface area contributed by atoms with Crippen molar-refractivity contribution in [2.24, 2.45) is 0 Å². The molecule has 1 atom stereocenters. The van der Waals surface area contributed by atoms with E-state index in [1.54, 1.807) is 6.92 Å². The van der Waals surface area contributed by atoms with Gasteiger partial charge in [0.05, 0.1) is 26.0 Å². The monoisotopic (exact) mass is 516 g/mol. The molecule has 0 aliphatic carbocycles. The molecule has 0 saturated carbocycles. The molecule has 1 N–H and O–H groups in total. The topological polar surface area (TPSA) is 99.3 Å². The van der Waals surface area contributed by atoms with Crippen molar-refractivity contribution in [3.05, 3.63) is 71.8 Å². The van der Waals surface area contributed by atoms with E-state index in [9.17, 15) is 18.0 Å². The Morgan fingerprint density at radius 2 is 1.53 bits per heavy atom. The maximum atomic E-state index is 13.5. The molecule has 0 radical (unpaired) electrons. The molecule has 9 nitrogen and oxygen atoms in total. The van der Waals surface area contributed by atoms with Crippen molar-refractivity contribution in [3.8, 4) is 0 Å². The molecule has 2 aromatic rings. The highest BCUT2D eigenvalue weighted by molar-refractivity contribution is 7.88. The van der Waals surface area contributed by atoms with Crippen molar-refractivity contribution in [3.63, 3.8) is 0 Å². The number of ether oxygens (including phenoxy) is 1. The molecule has 1 aliphatic heterocycles. The van der Waals surface area contributed by atoms with Crippen LogP contribution in [0.3, 0.4) is 0 Å². The first-order valence-corrected chi connectivity index (χ1v) is 14.0. The van der Waals surface area contributed by atoms with E-state index >= 15 is 0 Å². The molecule has 1 heterocycles. The van der Waals surface area contributed by atoms with E-state index in [1.807, 2.05) is 60.7 Å². The van der Waals surface area contributed by atoms with Crippen molar-refractivity contribution in [1.29, 1.82) is 0 Å². The van der Waals surface area contributed by atoms with Crippen molar-refractivity contribution < 1.29 is 22.7 Å². The lowest BCUT2D eigenvalue weighted by Crippen LogP contribution is -2.52. The fourth-order valence-corrected chi connectivity index (χ4v) is 4.72. The summed E-state index contributed by atoms with van der Waals surface area (Å²) in [6.45, 7) is 5.77. The summed E-state index contributed by atoms with van der Waals surface area (Å²) < 4.78 is 31.5. The van der Waals surface area contributed by atoms with Crippen LogP contribution in [0.5, 0.6) is 0 Å². The molecule has 36 heavy (non-hydrogen) atoms. The van der Waals surface area contributed by atoms with Gasteiger partial charge in [-0.15, -0.1) is 0 Å². The van der Waals surface area contributed by atoms with Gasteiger partial charge in [0.25, 0.3) is 0 Å². The zero-order valence-electron chi connectivity index (χ0n) is 21.0. The summed E-state index contributed by atoms with van der Waals surface area (Å²) in [5.74, 6) is -0.711. The highest BCUT2D eigenvalue weighted by atomic mass is 32.2. The second-order valence-electron chi connectivity index (χ2n) is 8.94. The Morgan fingerprint density at radius 3 is 2.08 bits per heavy atom. The van der Waals surface area contributed by atoms with Crippen LogP contribution in [-0.2, 0) is 37.4 Å². The zero-order chi connectivity index (χ0) is 26.0. The predicted octanol–water partition coefficient (Wildman–Crippen LogP) is 1.31. The third-order valence-corrected chi connectivity index (χ3v) is 7.37. The first-order chi connectivity index (χ1) is 17.2. The summed E-state index contributed by atoms with van der Waals surface area (Å²) in [4.78, 5) is 30.2. The van der Waals surface area contributed by atoms with Gasteiger partial charge in [-0.3, -0.25) is 14.5 Å². The van der Waals surface area contributed by atoms with Crippen LogP contribution in [0, 0.1) is 0 Å². The molecule has 3 rings (SSSR count). The van der Waals surface area contributed by atoms with E-state index in [1.165, 1.54) is 4.90 Å². The molecule has 10 heteroatoms. The molecular formula is C26H36N4O5S. The van der Waals surface area contributed by atoms with Crippen LogP contribution >= 0.6 is 0 Å². The maximum Gasteiger partial charge on any atom is 0.242 e. The third-order valence-electron chi connectivity index (χ3n) is 6.18. The molecule has 2 amide bonds. The summed E-state index contributed by atoms with van der Waals surface area (Å²) >= 11 is 0. The van der Waals surface area contributed by atoms with Crippen molar-refractivity contribution in [1.82, 2.24) is 19.4 Å². The highest BCUT2D eigenvalue weighted by Gasteiger charge is 2.30. The lowest BCUT2D eigenvalue weighted by atomic mass is 10.1. The molecule has 0 spiro atoms. The van der Waals surface area contributed by atoms with Gasteiger partial charge in [-0.1, -0.05) is 60.7 Å². The molecule has 2 aromatic carbocycles. The van der Waals surface area contributed by atoms with E-state index in [2.05, 4.69) is 10.2 Å². The number of amides is 2. The predicted molar refractivity (Wildman–Crippen MR) is 138 cm³/mol. The number of nitrogens with zero attached hydrogens (tertiary/aromatic N) is 3. The molecule has 1 aliphatic rings. The first kappa shape index (κ1) is 27.8. The molecule has 0 unspecified atom stereocenters. The smallest absolute Gasteiger partial charge is 0.242 e. The molecule has 0 bridgehead atoms. The van der Waals surface area contributed by atoms with Crippen molar-refractivity contribution >= 4 is 21.8 Å². The Bertz CT molecular complexity index is 1080. The quantitative estimate of drug-likeness (QED) is 0.457. The number of carbonyl (C=O) groups excluding carboxylic acids is 2. The minimum absolute atomic E-state index is 0.0741. The van der Waals surface area contributed by atoms with Crippen LogP contribution in [-0.4, -0.2) is 92.6 Å². The average molecular weight is 517 g/mol. The molecule has 196 valence electrons. The van der Waals surface area contributed by atoms with E-state index in [-0.39, 0.29) is 25.5 Å². The number of carbonyl (C=O) groups is 2. The van der Waals surface area contributed by atoms with Gasteiger partial charge >= 0.3 is 0 Å². The number of benzene rings is 2. The second-order valence-corrected chi connectivity index (χ2v) is 10.9. The summed E-state index contributed by atoms with van der Waals surface area (Å²) in [6.07, 6.45) is 1.09. The number of sulfonamides is 1. The van der Waals surface area contributed by atoms with Gasteiger partial charge in [-0.25, -0.2) is 8.42 Å². The van der Waals surface area contributed by atoms with E-state index < -0.39 is 22.0 Å². The van der Waals surface area contributed by atoms with Crippen LogP contribution < -0.4 is 5.32 Å². The summed E-state index contributed by atoms with van der Waals surface area (Å²) in [7, 11) is -3.67. The van der Waals surface area contributed by atoms with Gasteiger partial charge in [-0.2, -0.15) is 4.31 Å². The normalized spacial score (nSPS) is 15.4. The standard InChI is InChI=1S/C26H36N4O5S/c1-22(26(32)27-13-14-28-15-17-35-18-16-28)30(20-24-11-7-4-8-12-24)25(31)21-29(36(2,33)34)19-23-9-5-3-6-10-23/h3-12,22H,13-21H2,1-2H3,(H,27,32)/t22-/m1/s1. The van der Waals surface area contributed by atoms with Crippen LogP contribution in [0.25, 0.3) is 0 Å². The first-order valence-electron chi connectivity index (χ1n) is 12.1. The largest absolute Gasteiger partial charge is 0.379 e. The fraction of sp³-hybridized carbons (Fsp3) is 0.462. The van der Waals surface area contributed by atoms with Crippen LogP contribution in [0.15, 0.2) is 60.7 Å². The van der Waals surface area contributed by atoms with Crippen LogP contribution in [0.1, 0.15) is 18.1 Å². The number of hydrogen-bond acceptors (Lipinski definition) is 6. The van der Waals surface area contributed by atoms with E-state index in [0.717, 1.165) is 34.8 Å². The van der Waals surface area contributed by atoms with Crippen molar-refractivity contribution in [2.75, 3.05) is 52.2 Å².